The monoisotopic (exact) mass is 359 g/mol. The van der Waals surface area contributed by atoms with Crippen molar-refractivity contribution in [3.05, 3.63) is 40.3 Å². The summed E-state index contributed by atoms with van der Waals surface area (Å²) in [6, 6.07) is 5.13. The Bertz CT molecular complexity index is 896. The first-order valence-corrected chi connectivity index (χ1v) is 9.01. The van der Waals surface area contributed by atoms with Crippen LogP contribution >= 0.6 is 11.8 Å². The van der Waals surface area contributed by atoms with Crippen molar-refractivity contribution in [3.8, 4) is 11.5 Å². The first kappa shape index (κ1) is 16.0. The third kappa shape index (κ3) is 3.09. The molecule has 8 heteroatoms. The van der Waals surface area contributed by atoms with Gasteiger partial charge in [0, 0.05) is 35.7 Å². The number of anilines is 1. The van der Waals surface area contributed by atoms with Crippen LogP contribution in [0.4, 0.5) is 5.69 Å². The van der Waals surface area contributed by atoms with Gasteiger partial charge < -0.3 is 14.8 Å². The van der Waals surface area contributed by atoms with E-state index in [0.717, 1.165) is 0 Å². The lowest BCUT2D eigenvalue weighted by molar-refractivity contribution is -0.116. The van der Waals surface area contributed by atoms with Crippen molar-refractivity contribution in [2.75, 3.05) is 24.3 Å². The number of hydrogen-bond donors (Lipinski definition) is 1. The number of thioether (sulfide) groups is 1. The Hall–Kier alpha value is -2.48. The minimum Gasteiger partial charge on any atom is -0.486 e. The molecule has 1 amide bonds. The van der Waals surface area contributed by atoms with E-state index in [0.29, 0.717) is 46.9 Å². The average molecular weight is 359 g/mol. The SMILES string of the molecule is Cc1cnc2n(c1=O)[C@H](CC(=O)Nc1ccc3c(c1)OCCO3)CS2. The van der Waals surface area contributed by atoms with E-state index in [1.807, 2.05) is 0 Å². The highest BCUT2D eigenvalue weighted by molar-refractivity contribution is 7.99. The quantitative estimate of drug-likeness (QED) is 0.844. The highest BCUT2D eigenvalue weighted by Crippen LogP contribution is 2.34. The normalized spacial score (nSPS) is 17.9. The highest BCUT2D eigenvalue weighted by atomic mass is 32.2. The second kappa shape index (κ2) is 6.44. The minimum atomic E-state index is -0.183. The molecule has 7 nitrogen and oxygen atoms in total. The van der Waals surface area contributed by atoms with Crippen molar-refractivity contribution in [1.82, 2.24) is 9.55 Å². The van der Waals surface area contributed by atoms with Crippen LogP contribution in [0.2, 0.25) is 0 Å². The molecule has 2 aliphatic rings. The van der Waals surface area contributed by atoms with Crippen LogP contribution in [0.3, 0.4) is 0 Å². The molecule has 3 heterocycles. The summed E-state index contributed by atoms with van der Waals surface area (Å²) in [4.78, 5) is 29.0. The summed E-state index contributed by atoms with van der Waals surface area (Å²) in [5, 5.41) is 3.54. The molecule has 0 aliphatic carbocycles. The summed E-state index contributed by atoms with van der Waals surface area (Å²) < 4.78 is 12.6. The van der Waals surface area contributed by atoms with Gasteiger partial charge in [-0.1, -0.05) is 11.8 Å². The van der Waals surface area contributed by atoms with Gasteiger partial charge in [-0.3, -0.25) is 14.2 Å². The molecule has 1 atom stereocenters. The van der Waals surface area contributed by atoms with E-state index in [9.17, 15) is 9.59 Å². The summed E-state index contributed by atoms with van der Waals surface area (Å²) in [7, 11) is 0. The molecule has 1 aromatic carbocycles. The van der Waals surface area contributed by atoms with Crippen molar-refractivity contribution < 1.29 is 14.3 Å². The Kier molecular flexibility index (Phi) is 4.12. The maximum atomic E-state index is 12.4. The number of nitrogens with one attached hydrogen (secondary N) is 1. The smallest absolute Gasteiger partial charge is 0.257 e. The molecule has 1 N–H and O–H groups in total. The summed E-state index contributed by atoms with van der Waals surface area (Å²) in [5.74, 6) is 1.82. The van der Waals surface area contributed by atoms with Gasteiger partial charge in [-0.15, -0.1) is 0 Å². The number of aryl methyl sites for hydroxylation is 1. The molecule has 0 radical (unpaired) electrons. The number of nitrogens with zero attached hydrogens (tertiary/aromatic N) is 2. The van der Waals surface area contributed by atoms with Crippen LogP contribution in [0.25, 0.3) is 0 Å². The third-order valence-electron chi connectivity index (χ3n) is 4.15. The summed E-state index contributed by atoms with van der Waals surface area (Å²) in [5.41, 5.74) is 1.16. The molecule has 0 unspecified atom stereocenters. The average Bonchev–Trinajstić information content (AvgIpc) is 3.01. The molecule has 2 aromatic rings. The third-order valence-corrected chi connectivity index (χ3v) is 5.26. The zero-order chi connectivity index (χ0) is 17.4. The van der Waals surface area contributed by atoms with Crippen LogP contribution in [0.15, 0.2) is 34.3 Å². The van der Waals surface area contributed by atoms with Crippen LogP contribution in [0.1, 0.15) is 18.0 Å². The molecule has 0 saturated heterocycles. The van der Waals surface area contributed by atoms with E-state index in [4.69, 9.17) is 9.47 Å². The molecule has 0 saturated carbocycles. The number of ether oxygens (including phenoxy) is 2. The maximum Gasteiger partial charge on any atom is 0.257 e. The topological polar surface area (TPSA) is 82.5 Å². The molecule has 25 heavy (non-hydrogen) atoms. The minimum absolute atomic E-state index is 0.0767. The molecule has 4 rings (SSSR count). The number of aromatic nitrogens is 2. The second-order valence-electron chi connectivity index (χ2n) is 5.97. The van der Waals surface area contributed by atoms with Gasteiger partial charge in [0.05, 0.1) is 6.04 Å². The number of rotatable bonds is 3. The van der Waals surface area contributed by atoms with E-state index in [2.05, 4.69) is 10.3 Å². The molecule has 2 aliphatic heterocycles. The molecule has 0 spiro atoms. The number of amides is 1. The molecular formula is C17H17N3O4S. The van der Waals surface area contributed by atoms with Gasteiger partial charge in [0.25, 0.3) is 5.56 Å². The van der Waals surface area contributed by atoms with E-state index in [1.165, 1.54) is 11.8 Å². The lowest BCUT2D eigenvalue weighted by Crippen LogP contribution is -2.28. The predicted octanol–water partition coefficient (Wildman–Crippen LogP) is 2.00. The molecule has 1 aromatic heterocycles. The Morgan fingerprint density at radius 2 is 2.16 bits per heavy atom. The van der Waals surface area contributed by atoms with Gasteiger partial charge in [-0.25, -0.2) is 4.98 Å². The van der Waals surface area contributed by atoms with Gasteiger partial charge in [-0.2, -0.15) is 0 Å². The van der Waals surface area contributed by atoms with Gasteiger partial charge >= 0.3 is 0 Å². The molecule has 0 bridgehead atoms. The summed E-state index contributed by atoms with van der Waals surface area (Å²) in [6.07, 6.45) is 1.80. The van der Waals surface area contributed by atoms with Crippen LogP contribution in [0, 0.1) is 6.92 Å². The van der Waals surface area contributed by atoms with Crippen molar-refractivity contribution in [3.63, 3.8) is 0 Å². The molecular weight excluding hydrogens is 342 g/mol. The van der Waals surface area contributed by atoms with Crippen LogP contribution in [-0.2, 0) is 4.79 Å². The largest absolute Gasteiger partial charge is 0.486 e. The fraction of sp³-hybridized carbons (Fsp3) is 0.353. The van der Waals surface area contributed by atoms with Crippen LogP contribution in [0.5, 0.6) is 11.5 Å². The van der Waals surface area contributed by atoms with Crippen LogP contribution in [-0.4, -0.2) is 34.4 Å². The van der Waals surface area contributed by atoms with Crippen molar-refractivity contribution in [2.45, 2.75) is 24.5 Å². The van der Waals surface area contributed by atoms with E-state index in [-0.39, 0.29) is 23.9 Å². The van der Waals surface area contributed by atoms with Gasteiger partial charge in [0.2, 0.25) is 5.91 Å². The van der Waals surface area contributed by atoms with Gasteiger partial charge in [-0.05, 0) is 19.1 Å². The van der Waals surface area contributed by atoms with Crippen molar-refractivity contribution >= 4 is 23.4 Å². The Balaban J connectivity index is 1.48. The number of benzene rings is 1. The summed E-state index contributed by atoms with van der Waals surface area (Å²) in [6.45, 7) is 2.76. The van der Waals surface area contributed by atoms with Crippen molar-refractivity contribution in [2.24, 2.45) is 0 Å². The second-order valence-corrected chi connectivity index (χ2v) is 6.96. The maximum absolute atomic E-state index is 12.4. The predicted molar refractivity (Wildman–Crippen MR) is 93.7 cm³/mol. The molecule has 0 fully saturated rings. The van der Waals surface area contributed by atoms with Gasteiger partial charge in [0.1, 0.15) is 13.2 Å². The van der Waals surface area contributed by atoms with E-state index < -0.39 is 0 Å². The summed E-state index contributed by atoms with van der Waals surface area (Å²) >= 11 is 1.50. The molecule has 130 valence electrons. The number of carbonyl (C=O) groups is 1. The first-order chi connectivity index (χ1) is 12.1. The fourth-order valence-corrected chi connectivity index (χ4v) is 4.02. The standard InChI is InChI=1S/C17H17N3O4S/c1-10-8-18-17-20(16(10)22)12(9-25-17)7-15(21)19-11-2-3-13-14(6-11)24-5-4-23-13/h2-3,6,8,12H,4-5,7,9H2,1H3,(H,19,21)/t12-/m1/s1. The van der Waals surface area contributed by atoms with Gasteiger partial charge in [0.15, 0.2) is 16.7 Å². The number of carbonyl (C=O) groups excluding carboxylic acids is 1. The zero-order valence-electron chi connectivity index (χ0n) is 13.7. The van der Waals surface area contributed by atoms with E-state index >= 15 is 0 Å². The Labute approximate surface area is 148 Å². The zero-order valence-corrected chi connectivity index (χ0v) is 14.5. The number of hydrogen-bond acceptors (Lipinski definition) is 6. The van der Waals surface area contributed by atoms with E-state index in [1.54, 1.807) is 35.9 Å². The lowest BCUT2D eigenvalue weighted by Gasteiger charge is -2.19. The first-order valence-electron chi connectivity index (χ1n) is 8.02. The Morgan fingerprint density at radius 1 is 1.36 bits per heavy atom. The van der Waals surface area contributed by atoms with Crippen molar-refractivity contribution in [1.29, 1.82) is 0 Å². The highest BCUT2D eigenvalue weighted by Gasteiger charge is 2.27. The Morgan fingerprint density at radius 3 is 3.00 bits per heavy atom. The fourth-order valence-electron chi connectivity index (χ4n) is 2.92. The lowest BCUT2D eigenvalue weighted by atomic mass is 10.2. The number of fused-ring (bicyclic) bond motifs is 2. The van der Waals surface area contributed by atoms with Crippen LogP contribution < -0.4 is 20.3 Å².